The van der Waals surface area contributed by atoms with Gasteiger partial charge in [0.15, 0.2) is 0 Å². The molecule has 0 unspecified atom stereocenters. The van der Waals surface area contributed by atoms with Crippen molar-refractivity contribution < 1.29 is 4.42 Å². The van der Waals surface area contributed by atoms with Crippen molar-refractivity contribution in [1.29, 1.82) is 0 Å². The molecule has 0 fully saturated rings. The van der Waals surface area contributed by atoms with Crippen molar-refractivity contribution >= 4 is 54.3 Å². The Hall–Kier alpha value is -6.44. The fraction of sp³-hybridized carbons (Fsp3) is 0. The van der Waals surface area contributed by atoms with Crippen LogP contribution in [0.1, 0.15) is 0 Å². The van der Waals surface area contributed by atoms with Crippen LogP contribution in [0, 0.1) is 0 Å². The highest BCUT2D eigenvalue weighted by Crippen LogP contribution is 2.48. The normalized spacial score (nSPS) is 11.7. The second-order valence-electron chi connectivity index (χ2n) is 12.8. The minimum absolute atomic E-state index is 0.900. The van der Waals surface area contributed by atoms with Crippen LogP contribution in [-0.4, -0.2) is 0 Å². The van der Waals surface area contributed by atoms with Crippen LogP contribution in [0.25, 0.3) is 98.8 Å². The van der Waals surface area contributed by atoms with Crippen LogP contribution in [-0.2, 0) is 0 Å². The van der Waals surface area contributed by atoms with Gasteiger partial charge in [-0.15, -0.1) is 0 Å². The Labute approximate surface area is 284 Å². The third-order valence-corrected chi connectivity index (χ3v) is 10.1. The molecule has 10 aromatic rings. The number of hydrogen-bond donors (Lipinski definition) is 0. The maximum absolute atomic E-state index is 6.75. The Bertz CT molecular complexity index is 2800. The van der Waals surface area contributed by atoms with Gasteiger partial charge >= 0.3 is 0 Å². The van der Waals surface area contributed by atoms with Crippen molar-refractivity contribution in [2.45, 2.75) is 0 Å². The lowest BCUT2D eigenvalue weighted by atomic mass is 9.84. The van der Waals surface area contributed by atoms with E-state index in [9.17, 15) is 0 Å². The molecule has 1 aromatic heterocycles. The molecule has 0 aliphatic heterocycles. The van der Waals surface area contributed by atoms with Crippen molar-refractivity contribution in [3.05, 3.63) is 182 Å². The van der Waals surface area contributed by atoms with E-state index in [0.717, 1.165) is 27.5 Å². The van der Waals surface area contributed by atoms with E-state index < -0.39 is 0 Å². The fourth-order valence-electron chi connectivity index (χ4n) is 7.82. The first-order valence-corrected chi connectivity index (χ1v) is 16.8. The van der Waals surface area contributed by atoms with Gasteiger partial charge < -0.3 is 4.42 Å². The van der Waals surface area contributed by atoms with E-state index in [1.54, 1.807) is 0 Å². The molecule has 228 valence electrons. The summed E-state index contributed by atoms with van der Waals surface area (Å²) in [6, 6.07) is 65.7. The largest absolute Gasteiger partial charge is 0.455 e. The molecule has 1 heterocycles. The van der Waals surface area contributed by atoms with Gasteiger partial charge in [-0.05, 0) is 83.9 Å². The molecule has 0 radical (unpaired) electrons. The summed E-state index contributed by atoms with van der Waals surface area (Å²) >= 11 is 0. The quantitative estimate of drug-likeness (QED) is 0.178. The van der Waals surface area contributed by atoms with Crippen molar-refractivity contribution in [2.24, 2.45) is 0 Å². The van der Waals surface area contributed by atoms with E-state index in [4.69, 9.17) is 4.42 Å². The SMILES string of the molecule is c1ccc(-c2ccc3cccc(-c4c5ccccc5c(-c5cccc6c5oc5ccc(-c7ccccc7)cc56)c5ccccc45)c3c2)cc1. The van der Waals surface area contributed by atoms with Crippen molar-refractivity contribution in [1.82, 2.24) is 0 Å². The second kappa shape index (κ2) is 11.1. The second-order valence-corrected chi connectivity index (χ2v) is 12.8. The average Bonchev–Trinajstić information content (AvgIpc) is 3.56. The van der Waals surface area contributed by atoms with Crippen LogP contribution in [0.2, 0.25) is 0 Å². The van der Waals surface area contributed by atoms with Crippen molar-refractivity contribution in [2.75, 3.05) is 0 Å². The maximum atomic E-state index is 6.75. The van der Waals surface area contributed by atoms with Crippen LogP contribution >= 0.6 is 0 Å². The summed E-state index contributed by atoms with van der Waals surface area (Å²) in [7, 11) is 0. The van der Waals surface area contributed by atoms with Gasteiger partial charge in [-0.3, -0.25) is 0 Å². The molecule has 0 spiro atoms. The molecule has 0 amide bonds. The molecular formula is C48H30O. The van der Waals surface area contributed by atoms with Crippen LogP contribution in [0.4, 0.5) is 0 Å². The Balaban J connectivity index is 1.26. The molecule has 0 saturated heterocycles. The van der Waals surface area contributed by atoms with E-state index in [0.29, 0.717) is 0 Å². The summed E-state index contributed by atoms with van der Waals surface area (Å²) < 4.78 is 6.75. The Morgan fingerprint density at radius 1 is 0.286 bits per heavy atom. The highest BCUT2D eigenvalue weighted by atomic mass is 16.3. The zero-order valence-electron chi connectivity index (χ0n) is 26.7. The van der Waals surface area contributed by atoms with Gasteiger partial charge in [0.05, 0.1) is 0 Å². The molecule has 0 atom stereocenters. The summed E-state index contributed by atoms with van der Waals surface area (Å²) in [5.41, 5.74) is 11.5. The molecular weight excluding hydrogens is 593 g/mol. The third-order valence-electron chi connectivity index (χ3n) is 10.1. The number of para-hydroxylation sites is 1. The van der Waals surface area contributed by atoms with Crippen molar-refractivity contribution in [3.8, 4) is 44.5 Å². The zero-order chi connectivity index (χ0) is 32.3. The lowest BCUT2D eigenvalue weighted by Crippen LogP contribution is -1.92. The van der Waals surface area contributed by atoms with Gasteiger partial charge in [-0.25, -0.2) is 0 Å². The molecule has 0 aliphatic carbocycles. The molecule has 0 aliphatic rings. The lowest BCUT2D eigenvalue weighted by molar-refractivity contribution is 0.670. The number of fused-ring (bicyclic) bond motifs is 6. The van der Waals surface area contributed by atoms with Gasteiger partial charge in [0.25, 0.3) is 0 Å². The number of furan rings is 1. The molecule has 10 rings (SSSR count). The van der Waals surface area contributed by atoms with E-state index >= 15 is 0 Å². The molecule has 49 heavy (non-hydrogen) atoms. The van der Waals surface area contributed by atoms with E-state index in [2.05, 4.69) is 182 Å². The first-order chi connectivity index (χ1) is 24.3. The van der Waals surface area contributed by atoms with Gasteiger partial charge in [0.2, 0.25) is 0 Å². The lowest BCUT2D eigenvalue weighted by Gasteiger charge is -2.19. The molecule has 1 heteroatoms. The van der Waals surface area contributed by atoms with Gasteiger partial charge in [0.1, 0.15) is 11.2 Å². The summed E-state index contributed by atoms with van der Waals surface area (Å²) in [4.78, 5) is 0. The summed E-state index contributed by atoms with van der Waals surface area (Å²) in [6.45, 7) is 0. The summed E-state index contributed by atoms with van der Waals surface area (Å²) in [6.07, 6.45) is 0. The van der Waals surface area contributed by atoms with Crippen LogP contribution in [0.3, 0.4) is 0 Å². The zero-order valence-corrected chi connectivity index (χ0v) is 26.7. The van der Waals surface area contributed by atoms with Gasteiger partial charge in [-0.2, -0.15) is 0 Å². The molecule has 0 bridgehead atoms. The van der Waals surface area contributed by atoms with E-state index in [1.807, 2.05) is 0 Å². The predicted molar refractivity (Wildman–Crippen MR) is 208 cm³/mol. The van der Waals surface area contributed by atoms with Crippen LogP contribution in [0.5, 0.6) is 0 Å². The monoisotopic (exact) mass is 622 g/mol. The van der Waals surface area contributed by atoms with Crippen LogP contribution in [0.15, 0.2) is 186 Å². The Morgan fingerprint density at radius 2 is 0.776 bits per heavy atom. The van der Waals surface area contributed by atoms with E-state index in [1.165, 1.54) is 71.3 Å². The van der Waals surface area contributed by atoms with Crippen molar-refractivity contribution in [3.63, 3.8) is 0 Å². The first kappa shape index (κ1) is 27.7. The average molecular weight is 623 g/mol. The number of rotatable bonds is 4. The predicted octanol–water partition coefficient (Wildman–Crippen LogP) is 13.7. The molecule has 1 nitrogen and oxygen atoms in total. The molecule has 0 N–H and O–H groups in total. The highest BCUT2D eigenvalue weighted by Gasteiger charge is 2.21. The summed E-state index contributed by atoms with van der Waals surface area (Å²) in [5.74, 6) is 0. The summed E-state index contributed by atoms with van der Waals surface area (Å²) in [5, 5.41) is 9.63. The van der Waals surface area contributed by atoms with Gasteiger partial charge in [0, 0.05) is 21.9 Å². The Kier molecular flexibility index (Phi) is 6.25. The Morgan fingerprint density at radius 3 is 1.41 bits per heavy atom. The van der Waals surface area contributed by atoms with E-state index in [-0.39, 0.29) is 0 Å². The topological polar surface area (TPSA) is 13.1 Å². The third kappa shape index (κ3) is 4.40. The highest BCUT2D eigenvalue weighted by molar-refractivity contribution is 6.26. The first-order valence-electron chi connectivity index (χ1n) is 16.8. The maximum Gasteiger partial charge on any atom is 0.143 e. The molecule has 0 saturated carbocycles. The smallest absolute Gasteiger partial charge is 0.143 e. The number of benzene rings is 9. The fourth-order valence-corrected chi connectivity index (χ4v) is 7.82. The van der Waals surface area contributed by atoms with Crippen LogP contribution < -0.4 is 0 Å². The standard InChI is InChI=1S/C48H30O/c1-3-13-31(14-4-1)34-26-25-33-17-11-22-40(43(33)29-34)46-36-18-7-9-20-38(36)47(39-21-10-8-19-37(39)46)42-24-12-23-41-44-30-35(32-15-5-2-6-16-32)27-28-45(44)49-48(41)42/h1-30H. The minimum atomic E-state index is 0.900. The number of hydrogen-bond acceptors (Lipinski definition) is 1. The molecule has 9 aromatic carbocycles. The minimum Gasteiger partial charge on any atom is -0.455 e. The van der Waals surface area contributed by atoms with Gasteiger partial charge in [-0.1, -0.05) is 164 Å².